The van der Waals surface area contributed by atoms with Crippen LogP contribution < -0.4 is 4.74 Å². The van der Waals surface area contributed by atoms with Gasteiger partial charge in [-0.3, -0.25) is 14.8 Å². The first kappa shape index (κ1) is 32.3. The number of amides is 1. The highest BCUT2D eigenvalue weighted by Crippen LogP contribution is 2.27. The van der Waals surface area contributed by atoms with Crippen molar-refractivity contribution in [2.75, 3.05) is 20.2 Å². The van der Waals surface area contributed by atoms with Crippen molar-refractivity contribution >= 4 is 17.8 Å². The summed E-state index contributed by atoms with van der Waals surface area (Å²) in [5.74, 6) is -4.79. The fraction of sp³-hybridized carbons (Fsp3) is 0.522. The van der Waals surface area contributed by atoms with E-state index in [1.165, 1.54) is 0 Å². The highest BCUT2D eigenvalue weighted by atomic mass is 19.4. The first-order valence-corrected chi connectivity index (χ1v) is 11.7. The Hall–Kier alpha value is -3.89. The highest BCUT2D eigenvalue weighted by molar-refractivity contribution is 5.94. The van der Waals surface area contributed by atoms with Crippen LogP contribution in [-0.4, -0.2) is 91.6 Å². The summed E-state index contributed by atoms with van der Waals surface area (Å²) in [5.41, 5.74) is 3.79. The summed E-state index contributed by atoms with van der Waals surface area (Å²) < 4.78 is 68.8. The molecule has 3 N–H and O–H groups in total. The summed E-state index contributed by atoms with van der Waals surface area (Å²) in [5, 5.41) is 21.7. The summed E-state index contributed by atoms with van der Waals surface area (Å²) in [4.78, 5) is 39.3. The summed E-state index contributed by atoms with van der Waals surface area (Å²) in [6.07, 6.45) is -5.41. The molecule has 40 heavy (non-hydrogen) atoms. The molecule has 4 rings (SSSR count). The minimum atomic E-state index is -5.08. The third-order valence-electron chi connectivity index (χ3n) is 5.95. The predicted octanol–water partition coefficient (Wildman–Crippen LogP) is 3.26. The average Bonchev–Trinajstić information content (AvgIpc) is 3.49. The molecule has 0 aliphatic carbocycles. The van der Waals surface area contributed by atoms with Crippen molar-refractivity contribution in [3.8, 4) is 5.88 Å². The second-order valence-corrected chi connectivity index (χ2v) is 8.76. The van der Waals surface area contributed by atoms with Crippen LogP contribution in [0.15, 0.2) is 18.3 Å². The van der Waals surface area contributed by atoms with E-state index in [0.29, 0.717) is 24.2 Å². The van der Waals surface area contributed by atoms with Crippen molar-refractivity contribution in [2.45, 2.75) is 57.7 Å². The number of alkyl halides is 6. The van der Waals surface area contributed by atoms with Crippen molar-refractivity contribution in [3.63, 3.8) is 0 Å². The number of carboxylic acids is 2. The second kappa shape index (κ2) is 13.5. The Morgan fingerprint density at radius 1 is 1.10 bits per heavy atom. The lowest BCUT2D eigenvalue weighted by atomic mass is 10.0. The highest BCUT2D eigenvalue weighted by Gasteiger charge is 2.39. The van der Waals surface area contributed by atoms with Gasteiger partial charge in [0.15, 0.2) is 5.69 Å². The van der Waals surface area contributed by atoms with Crippen LogP contribution in [0.1, 0.15) is 47.1 Å². The van der Waals surface area contributed by atoms with Crippen molar-refractivity contribution in [1.82, 2.24) is 25.0 Å². The number of halogens is 6. The lowest BCUT2D eigenvalue weighted by molar-refractivity contribution is -0.193. The monoisotopic (exact) mass is 583 g/mol. The van der Waals surface area contributed by atoms with Crippen LogP contribution in [-0.2, 0) is 29.1 Å². The molecule has 2 aliphatic rings. The van der Waals surface area contributed by atoms with Crippen LogP contribution in [0.25, 0.3) is 0 Å². The number of carbonyl (C=O) groups is 3. The molecule has 1 atom stereocenters. The molecule has 1 saturated heterocycles. The van der Waals surface area contributed by atoms with Crippen molar-refractivity contribution < 1.29 is 55.7 Å². The van der Waals surface area contributed by atoms with Gasteiger partial charge in [-0.1, -0.05) is 6.07 Å². The van der Waals surface area contributed by atoms with Crippen LogP contribution >= 0.6 is 0 Å². The van der Waals surface area contributed by atoms with Crippen molar-refractivity contribution in [2.24, 2.45) is 0 Å². The summed E-state index contributed by atoms with van der Waals surface area (Å²) in [6, 6.07) is 4.26. The fourth-order valence-electron chi connectivity index (χ4n) is 4.00. The van der Waals surface area contributed by atoms with Gasteiger partial charge in [0.05, 0.1) is 7.11 Å². The number of fused-ring (bicyclic) bond motifs is 1. The van der Waals surface area contributed by atoms with Crippen LogP contribution in [0.5, 0.6) is 5.88 Å². The average molecular weight is 583 g/mol. The van der Waals surface area contributed by atoms with E-state index < -0.39 is 24.3 Å². The topological polar surface area (TPSA) is 149 Å². The number of rotatable bonds is 4. The number of likely N-dealkylation sites (tertiary alicyclic amines) is 1. The molecule has 222 valence electrons. The number of nitrogens with zero attached hydrogens (tertiary/aromatic N) is 4. The fourth-order valence-corrected chi connectivity index (χ4v) is 4.00. The smallest absolute Gasteiger partial charge is 0.481 e. The van der Waals surface area contributed by atoms with Gasteiger partial charge in [0.2, 0.25) is 5.88 Å². The van der Waals surface area contributed by atoms with Crippen LogP contribution in [0.3, 0.4) is 0 Å². The molecule has 2 aliphatic heterocycles. The number of hydrogen-bond acceptors (Lipinski definition) is 7. The van der Waals surface area contributed by atoms with E-state index in [1.807, 2.05) is 17.0 Å². The normalized spacial score (nSPS) is 17.1. The molecule has 0 bridgehead atoms. The number of aromatic nitrogens is 3. The Kier molecular flexibility index (Phi) is 10.9. The molecule has 2 aromatic heterocycles. The molecule has 0 aromatic carbocycles. The quantitative estimate of drug-likeness (QED) is 0.461. The zero-order chi connectivity index (χ0) is 30.3. The van der Waals surface area contributed by atoms with E-state index in [0.717, 1.165) is 55.7 Å². The molecule has 1 amide bonds. The number of methoxy groups -OCH3 is 1. The molecule has 0 radical (unpaired) electrons. The first-order chi connectivity index (χ1) is 18.6. The van der Waals surface area contributed by atoms with E-state index in [4.69, 9.17) is 24.5 Å². The van der Waals surface area contributed by atoms with Gasteiger partial charge in [-0.2, -0.15) is 31.4 Å². The van der Waals surface area contributed by atoms with Gasteiger partial charge in [-0.15, -0.1) is 0 Å². The molecular weight excluding hydrogens is 556 g/mol. The number of aliphatic carboxylic acids is 2. The molecule has 0 spiro atoms. The molecule has 1 fully saturated rings. The van der Waals surface area contributed by atoms with Crippen molar-refractivity contribution in [3.05, 3.63) is 40.8 Å². The molecule has 4 heterocycles. The number of nitrogens with one attached hydrogen (secondary N) is 1. The Balaban J connectivity index is 0.000000333. The third-order valence-corrected chi connectivity index (χ3v) is 5.95. The Morgan fingerprint density at radius 3 is 2.20 bits per heavy atom. The molecule has 1 unspecified atom stereocenters. The van der Waals surface area contributed by atoms with E-state index in [2.05, 4.69) is 27.0 Å². The Morgan fingerprint density at radius 2 is 1.70 bits per heavy atom. The number of pyridine rings is 1. The Labute approximate surface area is 223 Å². The zero-order valence-electron chi connectivity index (χ0n) is 21.3. The van der Waals surface area contributed by atoms with Crippen LogP contribution in [0.4, 0.5) is 26.3 Å². The van der Waals surface area contributed by atoms with Gasteiger partial charge in [0.25, 0.3) is 5.91 Å². The largest absolute Gasteiger partial charge is 0.490 e. The number of H-pyrrole nitrogens is 1. The molecule has 0 saturated carbocycles. The predicted molar refractivity (Wildman–Crippen MR) is 124 cm³/mol. The Bertz CT molecular complexity index is 1160. The van der Waals surface area contributed by atoms with Crippen LogP contribution in [0, 0.1) is 0 Å². The van der Waals surface area contributed by atoms with Crippen LogP contribution in [0.2, 0.25) is 0 Å². The lowest BCUT2D eigenvalue weighted by Gasteiger charge is -2.28. The van der Waals surface area contributed by atoms with E-state index >= 15 is 0 Å². The molecule has 2 aromatic rings. The molecule has 11 nitrogen and oxygen atoms in total. The number of carbonyl (C=O) groups excluding carboxylic acids is 1. The minimum absolute atomic E-state index is 0.0632. The number of hydrogen-bond donors (Lipinski definition) is 3. The number of aromatic amines is 1. The third kappa shape index (κ3) is 8.82. The molecule has 17 heteroatoms. The first-order valence-electron chi connectivity index (χ1n) is 11.7. The summed E-state index contributed by atoms with van der Waals surface area (Å²) >= 11 is 0. The number of ether oxygens (including phenoxy) is 1. The maximum Gasteiger partial charge on any atom is 0.490 e. The second-order valence-electron chi connectivity index (χ2n) is 8.76. The van der Waals surface area contributed by atoms with Gasteiger partial charge in [0.1, 0.15) is 0 Å². The van der Waals surface area contributed by atoms with Gasteiger partial charge in [-0.05, 0) is 25.8 Å². The van der Waals surface area contributed by atoms with Crippen molar-refractivity contribution in [1.29, 1.82) is 0 Å². The zero-order valence-corrected chi connectivity index (χ0v) is 21.3. The maximum absolute atomic E-state index is 13.0. The van der Waals surface area contributed by atoms with Gasteiger partial charge in [0, 0.05) is 61.7 Å². The molecular formula is C23H27F6N5O6. The van der Waals surface area contributed by atoms with E-state index in [-0.39, 0.29) is 5.91 Å². The lowest BCUT2D eigenvalue weighted by Crippen LogP contribution is -2.36. The minimum Gasteiger partial charge on any atom is -0.481 e. The SMILES string of the molecule is COc1ncccc1CN1CCc2[nH]nc(C(=O)N3CCCC3C)c2C1.O=C(O)C(F)(F)F.O=C(O)C(F)(F)F. The maximum atomic E-state index is 13.0. The summed E-state index contributed by atoms with van der Waals surface area (Å²) in [7, 11) is 1.64. The summed E-state index contributed by atoms with van der Waals surface area (Å²) in [6.45, 7) is 5.33. The van der Waals surface area contributed by atoms with Gasteiger partial charge in [-0.25, -0.2) is 14.6 Å². The van der Waals surface area contributed by atoms with E-state index in [1.54, 1.807) is 13.3 Å². The van der Waals surface area contributed by atoms with Gasteiger partial charge >= 0.3 is 24.3 Å². The van der Waals surface area contributed by atoms with Gasteiger partial charge < -0.3 is 19.8 Å². The standard InChI is InChI=1S/C19H25N5O2.2C2HF3O2/c1-13-5-4-9-24(13)19(25)17-15-12-23(10-7-16(15)21-22-17)11-14-6-3-8-20-18(14)26-2;2*3-2(4,5)1(6)7/h3,6,8,13H,4-5,7,9-12H2,1-2H3,(H,21,22);2*(H,6,7). The van der Waals surface area contributed by atoms with E-state index in [9.17, 15) is 31.1 Å². The number of carboxylic acid groups (broad SMARTS) is 2.